The molecule has 1 aliphatic heterocycles. The van der Waals surface area contributed by atoms with Gasteiger partial charge in [-0.15, -0.1) is 0 Å². The van der Waals surface area contributed by atoms with Crippen LogP contribution in [0.25, 0.3) is 0 Å². The lowest BCUT2D eigenvalue weighted by atomic mass is 9.83. The maximum atomic E-state index is 5.99. The summed E-state index contributed by atoms with van der Waals surface area (Å²) in [5.74, 6) is 1.21. The van der Waals surface area contributed by atoms with Crippen molar-refractivity contribution in [1.29, 1.82) is 0 Å². The van der Waals surface area contributed by atoms with Crippen LogP contribution in [0.5, 0.6) is 0 Å². The van der Waals surface area contributed by atoms with E-state index >= 15 is 0 Å². The Kier molecular flexibility index (Phi) is 5.21. The molecule has 0 bridgehead atoms. The number of hydrogen-bond acceptors (Lipinski definition) is 2. The Morgan fingerprint density at radius 3 is 2.67 bits per heavy atom. The molecule has 3 N–H and O–H groups in total. The van der Waals surface area contributed by atoms with E-state index in [1.54, 1.807) is 0 Å². The Morgan fingerprint density at radius 1 is 1.28 bits per heavy atom. The standard InChI is InChI=1S/C16H26N2/c1-13(14-7-3-2-4-8-14)11-15(12-17)16-9-5-6-10-18-16/h2-4,7-8,13,15-16,18H,5-6,9-12,17H2,1H3. The topological polar surface area (TPSA) is 38.0 Å². The smallest absolute Gasteiger partial charge is 0.0108 e. The fraction of sp³-hybridized carbons (Fsp3) is 0.625. The Hall–Kier alpha value is -0.860. The van der Waals surface area contributed by atoms with Crippen molar-refractivity contribution in [3.63, 3.8) is 0 Å². The summed E-state index contributed by atoms with van der Waals surface area (Å²) in [5.41, 5.74) is 7.43. The third kappa shape index (κ3) is 3.56. The molecule has 1 aliphatic rings. The van der Waals surface area contributed by atoms with Crippen molar-refractivity contribution in [2.45, 2.75) is 44.6 Å². The van der Waals surface area contributed by atoms with Gasteiger partial charge in [0.2, 0.25) is 0 Å². The second-order valence-corrected chi connectivity index (χ2v) is 5.60. The van der Waals surface area contributed by atoms with Gasteiger partial charge in [-0.1, -0.05) is 43.7 Å². The monoisotopic (exact) mass is 246 g/mol. The van der Waals surface area contributed by atoms with Gasteiger partial charge < -0.3 is 11.1 Å². The summed E-state index contributed by atoms with van der Waals surface area (Å²) < 4.78 is 0. The molecule has 3 unspecified atom stereocenters. The third-order valence-corrected chi connectivity index (χ3v) is 4.25. The quantitative estimate of drug-likeness (QED) is 0.838. The Balaban J connectivity index is 1.93. The largest absolute Gasteiger partial charge is 0.330 e. The number of nitrogens with one attached hydrogen (secondary N) is 1. The summed E-state index contributed by atoms with van der Waals surface area (Å²) in [6, 6.07) is 11.4. The van der Waals surface area contributed by atoms with Crippen molar-refractivity contribution in [2.75, 3.05) is 13.1 Å². The molecule has 0 saturated carbocycles. The highest BCUT2D eigenvalue weighted by Crippen LogP contribution is 2.27. The van der Waals surface area contributed by atoms with E-state index < -0.39 is 0 Å². The zero-order chi connectivity index (χ0) is 12.8. The number of benzene rings is 1. The van der Waals surface area contributed by atoms with E-state index in [2.05, 4.69) is 42.6 Å². The molecule has 0 aromatic heterocycles. The van der Waals surface area contributed by atoms with Gasteiger partial charge in [0.15, 0.2) is 0 Å². The lowest BCUT2D eigenvalue weighted by Crippen LogP contribution is -2.43. The molecule has 1 aromatic carbocycles. The Morgan fingerprint density at radius 2 is 2.06 bits per heavy atom. The highest BCUT2D eigenvalue weighted by molar-refractivity contribution is 5.18. The van der Waals surface area contributed by atoms with Crippen molar-refractivity contribution < 1.29 is 0 Å². The van der Waals surface area contributed by atoms with Gasteiger partial charge in [0.05, 0.1) is 0 Å². The van der Waals surface area contributed by atoms with Crippen LogP contribution in [0.4, 0.5) is 0 Å². The first-order valence-electron chi connectivity index (χ1n) is 7.29. The van der Waals surface area contributed by atoms with Gasteiger partial charge in [-0.25, -0.2) is 0 Å². The maximum absolute atomic E-state index is 5.99. The summed E-state index contributed by atoms with van der Waals surface area (Å²) >= 11 is 0. The normalized spacial score (nSPS) is 23.6. The Bertz CT molecular complexity index is 330. The Labute approximate surface area is 111 Å². The SMILES string of the molecule is CC(CC(CN)C1CCCCN1)c1ccccc1. The molecule has 0 amide bonds. The molecule has 100 valence electrons. The molecule has 1 heterocycles. The van der Waals surface area contributed by atoms with E-state index in [0.717, 1.165) is 6.54 Å². The fourth-order valence-corrected chi connectivity index (χ4v) is 3.08. The van der Waals surface area contributed by atoms with Crippen molar-refractivity contribution >= 4 is 0 Å². The van der Waals surface area contributed by atoms with Crippen LogP contribution < -0.4 is 11.1 Å². The first-order chi connectivity index (χ1) is 8.81. The summed E-state index contributed by atoms with van der Waals surface area (Å²) in [7, 11) is 0. The van der Waals surface area contributed by atoms with Crippen LogP contribution in [0.1, 0.15) is 44.1 Å². The zero-order valence-electron chi connectivity index (χ0n) is 11.4. The minimum absolute atomic E-state index is 0.600. The first kappa shape index (κ1) is 13.6. The van der Waals surface area contributed by atoms with Crippen molar-refractivity contribution in [1.82, 2.24) is 5.32 Å². The van der Waals surface area contributed by atoms with Crippen LogP contribution in [0.2, 0.25) is 0 Å². The van der Waals surface area contributed by atoms with Crippen LogP contribution in [0.3, 0.4) is 0 Å². The molecular formula is C16H26N2. The molecule has 0 aliphatic carbocycles. The van der Waals surface area contributed by atoms with Gasteiger partial charge in [-0.2, -0.15) is 0 Å². The van der Waals surface area contributed by atoms with Crippen LogP contribution in [-0.4, -0.2) is 19.1 Å². The van der Waals surface area contributed by atoms with Crippen molar-refractivity contribution in [2.24, 2.45) is 11.7 Å². The summed E-state index contributed by atoms with van der Waals surface area (Å²) in [4.78, 5) is 0. The summed E-state index contributed by atoms with van der Waals surface area (Å²) in [5, 5.41) is 3.65. The number of piperidine rings is 1. The molecular weight excluding hydrogens is 220 g/mol. The molecule has 3 atom stereocenters. The second-order valence-electron chi connectivity index (χ2n) is 5.60. The molecule has 1 saturated heterocycles. The molecule has 2 nitrogen and oxygen atoms in total. The van der Waals surface area contributed by atoms with Gasteiger partial charge in [0, 0.05) is 6.04 Å². The van der Waals surface area contributed by atoms with Gasteiger partial charge >= 0.3 is 0 Å². The van der Waals surface area contributed by atoms with E-state index in [1.165, 1.54) is 37.8 Å². The van der Waals surface area contributed by atoms with E-state index in [0.29, 0.717) is 17.9 Å². The highest BCUT2D eigenvalue weighted by Gasteiger charge is 2.24. The average Bonchev–Trinajstić information content (AvgIpc) is 2.46. The number of rotatable bonds is 5. The predicted octanol–water partition coefficient (Wildman–Crippen LogP) is 2.90. The third-order valence-electron chi connectivity index (χ3n) is 4.25. The fourth-order valence-electron chi connectivity index (χ4n) is 3.08. The lowest BCUT2D eigenvalue weighted by Gasteiger charge is -2.32. The van der Waals surface area contributed by atoms with E-state index in [1.807, 2.05) is 0 Å². The highest BCUT2D eigenvalue weighted by atomic mass is 14.9. The summed E-state index contributed by atoms with van der Waals surface area (Å²) in [6.45, 7) is 4.29. The van der Waals surface area contributed by atoms with Crippen LogP contribution in [0, 0.1) is 5.92 Å². The maximum Gasteiger partial charge on any atom is 0.0108 e. The second kappa shape index (κ2) is 6.91. The minimum Gasteiger partial charge on any atom is -0.330 e. The number of hydrogen-bond donors (Lipinski definition) is 2. The van der Waals surface area contributed by atoms with E-state index in [9.17, 15) is 0 Å². The van der Waals surface area contributed by atoms with Gasteiger partial charge in [0.1, 0.15) is 0 Å². The summed E-state index contributed by atoms with van der Waals surface area (Å²) in [6.07, 6.45) is 5.16. The van der Waals surface area contributed by atoms with Crippen LogP contribution in [-0.2, 0) is 0 Å². The predicted molar refractivity (Wildman–Crippen MR) is 77.7 cm³/mol. The first-order valence-corrected chi connectivity index (χ1v) is 7.29. The molecule has 0 spiro atoms. The molecule has 2 rings (SSSR count). The van der Waals surface area contributed by atoms with Crippen molar-refractivity contribution in [3.8, 4) is 0 Å². The van der Waals surface area contributed by atoms with Gasteiger partial charge in [-0.3, -0.25) is 0 Å². The molecule has 1 fully saturated rings. The lowest BCUT2D eigenvalue weighted by molar-refractivity contribution is 0.276. The van der Waals surface area contributed by atoms with Gasteiger partial charge in [-0.05, 0) is 49.8 Å². The van der Waals surface area contributed by atoms with E-state index in [-0.39, 0.29) is 0 Å². The molecule has 0 radical (unpaired) electrons. The van der Waals surface area contributed by atoms with Crippen molar-refractivity contribution in [3.05, 3.63) is 35.9 Å². The van der Waals surface area contributed by atoms with Gasteiger partial charge in [0.25, 0.3) is 0 Å². The molecule has 1 aromatic rings. The number of nitrogens with two attached hydrogens (primary N) is 1. The van der Waals surface area contributed by atoms with Crippen LogP contribution in [0.15, 0.2) is 30.3 Å². The average molecular weight is 246 g/mol. The minimum atomic E-state index is 0.600. The molecule has 2 heteroatoms. The van der Waals surface area contributed by atoms with E-state index in [4.69, 9.17) is 5.73 Å². The zero-order valence-corrected chi connectivity index (χ0v) is 11.4. The molecule has 18 heavy (non-hydrogen) atoms. The van der Waals surface area contributed by atoms with Crippen LogP contribution >= 0.6 is 0 Å².